The van der Waals surface area contributed by atoms with Gasteiger partial charge in [0.25, 0.3) is 0 Å². The minimum Gasteiger partial charge on any atom is -0.338 e. The highest BCUT2D eigenvalue weighted by atomic mass is 16.2. The zero-order chi connectivity index (χ0) is 15.8. The summed E-state index contributed by atoms with van der Waals surface area (Å²) in [6, 6.07) is 0.515. The van der Waals surface area contributed by atoms with Gasteiger partial charge in [-0.2, -0.15) is 0 Å². The second-order valence-corrected chi connectivity index (χ2v) is 7.37. The molecular weight excluding hydrogens is 290 g/mol. The van der Waals surface area contributed by atoms with E-state index in [0.717, 1.165) is 43.7 Å². The van der Waals surface area contributed by atoms with Crippen LogP contribution in [0.1, 0.15) is 50.2 Å². The van der Waals surface area contributed by atoms with E-state index in [1.807, 2.05) is 6.92 Å². The number of fused-ring (bicyclic) bond motifs is 2. The van der Waals surface area contributed by atoms with Crippen molar-refractivity contribution in [1.82, 2.24) is 24.6 Å². The lowest BCUT2D eigenvalue weighted by molar-refractivity contribution is -0.139. The summed E-state index contributed by atoms with van der Waals surface area (Å²) in [6.45, 7) is 6.05. The second-order valence-electron chi connectivity index (χ2n) is 7.37. The fourth-order valence-electron chi connectivity index (χ4n) is 4.70. The first-order valence-corrected chi connectivity index (χ1v) is 9.13. The molecule has 6 heteroatoms. The first-order valence-electron chi connectivity index (χ1n) is 9.13. The smallest absolute Gasteiger partial charge is 0.237 e. The Bertz CT molecular complexity index is 582. The average Bonchev–Trinajstić information content (AvgIpc) is 2.95. The van der Waals surface area contributed by atoms with Gasteiger partial charge >= 0.3 is 0 Å². The van der Waals surface area contributed by atoms with Crippen molar-refractivity contribution in [3.8, 4) is 0 Å². The third kappa shape index (κ3) is 2.89. The predicted molar refractivity (Wildman–Crippen MR) is 86.7 cm³/mol. The van der Waals surface area contributed by atoms with E-state index in [2.05, 4.69) is 24.6 Å². The molecule has 2 atom stereocenters. The Morgan fingerprint density at radius 1 is 1.09 bits per heavy atom. The summed E-state index contributed by atoms with van der Waals surface area (Å²) in [5.74, 6) is 3.06. The van der Waals surface area contributed by atoms with Gasteiger partial charge in [0.15, 0.2) is 0 Å². The average molecular weight is 317 g/mol. The number of hydrogen-bond acceptors (Lipinski definition) is 4. The van der Waals surface area contributed by atoms with Gasteiger partial charge in [-0.05, 0) is 38.5 Å². The molecule has 2 aliphatic heterocycles. The molecule has 3 aliphatic rings. The van der Waals surface area contributed by atoms with Crippen LogP contribution in [0.4, 0.5) is 0 Å². The number of carbonyl (C=O) groups excluding carboxylic acids is 1. The van der Waals surface area contributed by atoms with Crippen molar-refractivity contribution < 1.29 is 4.79 Å². The number of nitrogens with zero attached hydrogens (tertiary/aromatic N) is 5. The van der Waals surface area contributed by atoms with Crippen LogP contribution >= 0.6 is 0 Å². The van der Waals surface area contributed by atoms with Crippen LogP contribution in [0.25, 0.3) is 0 Å². The SMILES string of the molecule is Cc1nnc2n1CCN(CC(=O)N1CCC[C@H]3CCCC[C@@H]31)C2. The molecule has 0 radical (unpaired) electrons. The summed E-state index contributed by atoms with van der Waals surface area (Å²) in [4.78, 5) is 17.3. The molecule has 0 spiro atoms. The van der Waals surface area contributed by atoms with Gasteiger partial charge in [-0.15, -0.1) is 10.2 Å². The molecule has 6 nitrogen and oxygen atoms in total. The highest BCUT2D eigenvalue weighted by molar-refractivity contribution is 5.78. The fourth-order valence-corrected chi connectivity index (χ4v) is 4.70. The van der Waals surface area contributed by atoms with Crippen LogP contribution in [-0.2, 0) is 17.9 Å². The minimum atomic E-state index is 0.325. The van der Waals surface area contributed by atoms with Crippen molar-refractivity contribution in [3.05, 3.63) is 11.6 Å². The molecule has 3 heterocycles. The van der Waals surface area contributed by atoms with Gasteiger partial charge in [-0.3, -0.25) is 9.69 Å². The Labute approximate surface area is 137 Å². The molecule has 4 rings (SSSR count). The van der Waals surface area contributed by atoms with Crippen LogP contribution in [0.2, 0.25) is 0 Å². The Hall–Kier alpha value is -1.43. The summed E-state index contributed by atoms with van der Waals surface area (Å²) in [7, 11) is 0. The number of carbonyl (C=O) groups is 1. The third-order valence-electron chi connectivity index (χ3n) is 5.94. The fraction of sp³-hybridized carbons (Fsp3) is 0.824. The number of likely N-dealkylation sites (tertiary alicyclic amines) is 1. The van der Waals surface area contributed by atoms with Crippen LogP contribution < -0.4 is 0 Å². The number of piperidine rings is 1. The largest absolute Gasteiger partial charge is 0.338 e. The van der Waals surface area contributed by atoms with Gasteiger partial charge in [0.05, 0.1) is 13.1 Å². The second kappa shape index (κ2) is 6.23. The Kier molecular flexibility index (Phi) is 4.09. The van der Waals surface area contributed by atoms with Crippen LogP contribution in [0.5, 0.6) is 0 Å². The first-order chi connectivity index (χ1) is 11.2. The van der Waals surface area contributed by atoms with E-state index in [1.165, 1.54) is 38.5 Å². The summed E-state index contributed by atoms with van der Waals surface area (Å²) in [6.07, 6.45) is 7.67. The van der Waals surface area contributed by atoms with E-state index in [4.69, 9.17) is 0 Å². The molecule has 0 unspecified atom stereocenters. The topological polar surface area (TPSA) is 54.3 Å². The first kappa shape index (κ1) is 15.1. The molecule has 0 N–H and O–H groups in total. The van der Waals surface area contributed by atoms with Gasteiger partial charge in [-0.25, -0.2) is 0 Å². The molecule has 1 aromatic rings. The molecule has 1 saturated heterocycles. The highest BCUT2D eigenvalue weighted by Gasteiger charge is 2.36. The zero-order valence-corrected chi connectivity index (χ0v) is 14.1. The molecule has 0 aromatic carbocycles. The molecule has 1 aliphatic carbocycles. The standard InChI is InChI=1S/C17H27N5O/c1-13-18-19-16-11-20(9-10-21(13)16)12-17(23)22-8-4-6-14-5-2-3-7-15(14)22/h14-15H,2-12H2,1H3/t14-,15+/m1/s1. The quantitative estimate of drug-likeness (QED) is 0.831. The van der Waals surface area contributed by atoms with Gasteiger partial charge in [0.1, 0.15) is 11.6 Å². The van der Waals surface area contributed by atoms with Crippen LogP contribution in [-0.4, -0.2) is 56.1 Å². The summed E-state index contributed by atoms with van der Waals surface area (Å²) in [5.41, 5.74) is 0. The Balaban J connectivity index is 1.40. The van der Waals surface area contributed by atoms with Crippen LogP contribution in [0.15, 0.2) is 0 Å². The lowest BCUT2D eigenvalue weighted by atomic mass is 9.78. The van der Waals surface area contributed by atoms with Crippen molar-refractivity contribution in [2.45, 2.75) is 64.6 Å². The number of amides is 1. The molecular formula is C17H27N5O. The monoisotopic (exact) mass is 317 g/mol. The van der Waals surface area contributed by atoms with E-state index in [1.54, 1.807) is 0 Å². The maximum atomic E-state index is 12.9. The van der Waals surface area contributed by atoms with Crippen molar-refractivity contribution in [2.75, 3.05) is 19.6 Å². The number of aryl methyl sites for hydroxylation is 1. The zero-order valence-electron chi connectivity index (χ0n) is 14.1. The normalized spacial score (nSPS) is 28.3. The molecule has 1 saturated carbocycles. The predicted octanol–water partition coefficient (Wildman–Crippen LogP) is 1.58. The minimum absolute atomic E-state index is 0.325. The van der Waals surface area contributed by atoms with Gasteiger partial charge in [0, 0.05) is 25.7 Å². The Morgan fingerprint density at radius 3 is 2.83 bits per heavy atom. The lowest BCUT2D eigenvalue weighted by Gasteiger charge is -2.44. The van der Waals surface area contributed by atoms with E-state index in [0.29, 0.717) is 18.5 Å². The van der Waals surface area contributed by atoms with Crippen molar-refractivity contribution in [1.29, 1.82) is 0 Å². The highest BCUT2D eigenvalue weighted by Crippen LogP contribution is 2.35. The van der Waals surface area contributed by atoms with Crippen LogP contribution in [0, 0.1) is 12.8 Å². The third-order valence-corrected chi connectivity index (χ3v) is 5.94. The van der Waals surface area contributed by atoms with E-state index in [9.17, 15) is 4.79 Å². The molecule has 2 fully saturated rings. The summed E-state index contributed by atoms with van der Waals surface area (Å²) >= 11 is 0. The van der Waals surface area contributed by atoms with Gasteiger partial charge in [-0.1, -0.05) is 12.8 Å². The molecule has 0 bridgehead atoms. The lowest BCUT2D eigenvalue weighted by Crippen LogP contribution is -2.53. The molecule has 1 amide bonds. The van der Waals surface area contributed by atoms with Crippen LogP contribution in [0.3, 0.4) is 0 Å². The number of rotatable bonds is 2. The maximum Gasteiger partial charge on any atom is 0.237 e. The Morgan fingerprint density at radius 2 is 1.91 bits per heavy atom. The summed E-state index contributed by atoms with van der Waals surface area (Å²) < 4.78 is 2.17. The molecule has 126 valence electrons. The van der Waals surface area contributed by atoms with Gasteiger partial charge < -0.3 is 9.47 Å². The van der Waals surface area contributed by atoms with Crippen molar-refractivity contribution in [3.63, 3.8) is 0 Å². The maximum absolute atomic E-state index is 12.9. The molecule has 23 heavy (non-hydrogen) atoms. The van der Waals surface area contributed by atoms with E-state index >= 15 is 0 Å². The van der Waals surface area contributed by atoms with E-state index in [-0.39, 0.29) is 0 Å². The number of hydrogen-bond donors (Lipinski definition) is 0. The van der Waals surface area contributed by atoms with Gasteiger partial charge in [0.2, 0.25) is 5.91 Å². The molecule has 1 aromatic heterocycles. The van der Waals surface area contributed by atoms with E-state index < -0.39 is 0 Å². The van der Waals surface area contributed by atoms with Crippen molar-refractivity contribution in [2.24, 2.45) is 5.92 Å². The van der Waals surface area contributed by atoms with Crippen molar-refractivity contribution >= 4 is 5.91 Å². The summed E-state index contributed by atoms with van der Waals surface area (Å²) in [5, 5.41) is 8.38. The number of aromatic nitrogens is 3.